The molecule has 2 aromatic heterocycles. The molecule has 0 bridgehead atoms. The first-order valence-electron chi connectivity index (χ1n) is 12.1. The number of hydrogen-bond donors (Lipinski definition) is 1. The monoisotopic (exact) mass is 474 g/mol. The molecule has 2 heterocycles. The fourth-order valence-electron chi connectivity index (χ4n) is 4.55. The molecule has 8 heteroatoms. The van der Waals surface area contributed by atoms with Crippen LogP contribution in [0.1, 0.15) is 53.0 Å². The first-order valence-corrected chi connectivity index (χ1v) is 12.1. The van der Waals surface area contributed by atoms with Crippen molar-refractivity contribution in [3.05, 3.63) is 86.5 Å². The lowest BCUT2D eigenvalue weighted by molar-refractivity contribution is 0.151. The fraction of sp³-hybridized carbons (Fsp3) is 0.407. The Bertz CT molecular complexity index is 1340. The molecular weight excluding hydrogens is 440 g/mol. The molecular formula is C27H34N6O2. The summed E-state index contributed by atoms with van der Waals surface area (Å²) in [5, 5.41) is 13.6. The van der Waals surface area contributed by atoms with E-state index in [0.717, 1.165) is 39.8 Å². The molecule has 1 atom stereocenters. The van der Waals surface area contributed by atoms with E-state index in [2.05, 4.69) is 76.5 Å². The average molecular weight is 475 g/mol. The lowest BCUT2D eigenvalue weighted by atomic mass is 10.0. The smallest absolute Gasteiger partial charge is 0.252 e. The largest absolute Gasteiger partial charge is 0.383 e. The Labute approximate surface area is 205 Å². The van der Waals surface area contributed by atoms with Crippen molar-refractivity contribution in [1.29, 1.82) is 0 Å². The zero-order valence-electron chi connectivity index (χ0n) is 21.2. The number of nitrogens with one attached hydrogen (secondary N) is 1. The predicted molar refractivity (Wildman–Crippen MR) is 137 cm³/mol. The molecule has 8 nitrogen and oxygen atoms in total. The number of tetrazole rings is 1. The van der Waals surface area contributed by atoms with Crippen LogP contribution in [0.2, 0.25) is 0 Å². The summed E-state index contributed by atoms with van der Waals surface area (Å²) in [5.74, 6) is 0.779. The zero-order chi connectivity index (χ0) is 24.9. The van der Waals surface area contributed by atoms with Gasteiger partial charge in [-0.1, -0.05) is 48.9 Å². The highest BCUT2D eigenvalue weighted by Gasteiger charge is 2.26. The molecule has 1 N–H and O–H groups in total. The van der Waals surface area contributed by atoms with Gasteiger partial charge in [0.05, 0.1) is 24.7 Å². The Morgan fingerprint density at radius 1 is 1.06 bits per heavy atom. The number of nitrogens with zero attached hydrogens (tertiary/aromatic N) is 5. The average Bonchev–Trinajstić information content (AvgIpc) is 3.31. The molecule has 2 aromatic carbocycles. The molecule has 0 spiro atoms. The minimum absolute atomic E-state index is 0.0612. The van der Waals surface area contributed by atoms with Crippen molar-refractivity contribution >= 4 is 10.9 Å². The number of aryl methyl sites for hydroxylation is 3. The number of pyridine rings is 1. The normalized spacial score (nSPS) is 12.5. The van der Waals surface area contributed by atoms with E-state index in [1.54, 1.807) is 11.8 Å². The number of H-pyrrole nitrogens is 1. The van der Waals surface area contributed by atoms with Crippen molar-refractivity contribution in [2.24, 2.45) is 0 Å². The minimum atomic E-state index is -0.0723. The SMILES string of the molecule is CC[C@@H](c1nnnn1CCOC)N(Cc1ccc(C)cc1)Cc1cc2c(C)ccc(C)c2[nH]c1=O. The summed E-state index contributed by atoms with van der Waals surface area (Å²) in [6.07, 6.45) is 0.794. The molecule has 0 aliphatic carbocycles. The Kier molecular flexibility index (Phi) is 7.73. The highest BCUT2D eigenvalue weighted by Crippen LogP contribution is 2.27. The van der Waals surface area contributed by atoms with Crippen LogP contribution in [0, 0.1) is 20.8 Å². The molecule has 0 aliphatic heterocycles. The van der Waals surface area contributed by atoms with Crippen LogP contribution < -0.4 is 5.56 Å². The van der Waals surface area contributed by atoms with E-state index in [9.17, 15) is 4.79 Å². The maximum absolute atomic E-state index is 13.2. The van der Waals surface area contributed by atoms with Crippen LogP contribution in [0.4, 0.5) is 0 Å². The van der Waals surface area contributed by atoms with E-state index in [-0.39, 0.29) is 11.6 Å². The van der Waals surface area contributed by atoms with E-state index in [1.165, 1.54) is 11.1 Å². The lowest BCUT2D eigenvalue weighted by Gasteiger charge is -2.30. The minimum Gasteiger partial charge on any atom is -0.383 e. The van der Waals surface area contributed by atoms with Gasteiger partial charge >= 0.3 is 0 Å². The van der Waals surface area contributed by atoms with Gasteiger partial charge < -0.3 is 9.72 Å². The van der Waals surface area contributed by atoms with E-state index >= 15 is 0 Å². The van der Waals surface area contributed by atoms with Crippen molar-refractivity contribution in [2.75, 3.05) is 13.7 Å². The molecule has 0 saturated carbocycles. The highest BCUT2D eigenvalue weighted by molar-refractivity contribution is 5.85. The van der Waals surface area contributed by atoms with E-state index in [0.29, 0.717) is 26.2 Å². The Hall–Kier alpha value is -3.36. The van der Waals surface area contributed by atoms with Gasteiger partial charge in [-0.05, 0) is 60.4 Å². The van der Waals surface area contributed by atoms with Crippen LogP contribution in [0.25, 0.3) is 10.9 Å². The van der Waals surface area contributed by atoms with Crippen molar-refractivity contribution in [2.45, 2.75) is 59.8 Å². The second kappa shape index (κ2) is 10.9. The van der Waals surface area contributed by atoms with Gasteiger partial charge in [0.15, 0.2) is 5.82 Å². The predicted octanol–water partition coefficient (Wildman–Crippen LogP) is 4.24. The standard InChI is InChI=1S/C27H34N6O2/c1-6-24(26-29-30-31-33(26)13-14-35-5)32(16-21-11-7-18(2)8-12-21)17-22-15-23-19(3)9-10-20(4)25(23)28-27(22)34/h7-12,15,24H,6,13-14,16-17H2,1-5H3,(H,28,34)/t24-/m0/s1. The van der Waals surface area contributed by atoms with E-state index in [4.69, 9.17) is 4.74 Å². The Morgan fingerprint density at radius 2 is 1.80 bits per heavy atom. The molecule has 4 aromatic rings. The van der Waals surface area contributed by atoms with Crippen molar-refractivity contribution in [1.82, 2.24) is 30.1 Å². The topological polar surface area (TPSA) is 88.9 Å². The third kappa shape index (κ3) is 5.49. The number of benzene rings is 2. The second-order valence-electron chi connectivity index (χ2n) is 9.18. The van der Waals surface area contributed by atoms with Gasteiger partial charge in [0.2, 0.25) is 0 Å². The maximum Gasteiger partial charge on any atom is 0.252 e. The van der Waals surface area contributed by atoms with E-state index < -0.39 is 0 Å². The zero-order valence-corrected chi connectivity index (χ0v) is 21.2. The van der Waals surface area contributed by atoms with Crippen LogP contribution in [0.5, 0.6) is 0 Å². The summed E-state index contributed by atoms with van der Waals surface area (Å²) in [5.41, 5.74) is 6.17. The number of fused-ring (bicyclic) bond motifs is 1. The Balaban J connectivity index is 1.75. The number of aromatic nitrogens is 5. The van der Waals surface area contributed by atoms with Gasteiger partial charge in [0.25, 0.3) is 5.56 Å². The molecule has 35 heavy (non-hydrogen) atoms. The molecule has 0 radical (unpaired) electrons. The lowest BCUT2D eigenvalue weighted by Crippen LogP contribution is -2.32. The van der Waals surface area contributed by atoms with Crippen LogP contribution in [-0.2, 0) is 24.4 Å². The van der Waals surface area contributed by atoms with Crippen molar-refractivity contribution < 1.29 is 4.74 Å². The Morgan fingerprint density at radius 3 is 2.51 bits per heavy atom. The van der Waals surface area contributed by atoms with Gasteiger partial charge in [0.1, 0.15) is 0 Å². The summed E-state index contributed by atoms with van der Waals surface area (Å²) < 4.78 is 7.05. The third-order valence-corrected chi connectivity index (χ3v) is 6.59. The second-order valence-corrected chi connectivity index (χ2v) is 9.18. The van der Waals surface area contributed by atoms with E-state index in [1.807, 2.05) is 19.1 Å². The fourth-order valence-corrected chi connectivity index (χ4v) is 4.55. The third-order valence-electron chi connectivity index (χ3n) is 6.59. The molecule has 4 rings (SSSR count). The summed E-state index contributed by atoms with van der Waals surface area (Å²) >= 11 is 0. The van der Waals surface area contributed by atoms with Crippen LogP contribution in [0.3, 0.4) is 0 Å². The number of ether oxygens (including phenoxy) is 1. The number of rotatable bonds is 10. The molecule has 0 unspecified atom stereocenters. The number of hydrogen-bond acceptors (Lipinski definition) is 6. The molecule has 184 valence electrons. The first-order chi connectivity index (χ1) is 16.9. The van der Waals surface area contributed by atoms with Gasteiger partial charge in [-0.25, -0.2) is 4.68 Å². The maximum atomic E-state index is 13.2. The molecule has 0 aliphatic rings. The highest BCUT2D eigenvalue weighted by atomic mass is 16.5. The quantitative estimate of drug-likeness (QED) is 0.370. The van der Waals surface area contributed by atoms with Crippen LogP contribution in [-0.4, -0.2) is 43.8 Å². The van der Waals surface area contributed by atoms with Gasteiger partial charge in [0, 0.05) is 31.1 Å². The number of methoxy groups -OCH3 is 1. The molecule has 0 amide bonds. The number of aromatic amines is 1. The summed E-state index contributed by atoms with van der Waals surface area (Å²) in [6.45, 7) is 10.5. The first kappa shape index (κ1) is 24.8. The van der Waals surface area contributed by atoms with Crippen LogP contribution >= 0.6 is 0 Å². The molecule has 0 saturated heterocycles. The van der Waals surface area contributed by atoms with Crippen molar-refractivity contribution in [3.8, 4) is 0 Å². The summed E-state index contributed by atoms with van der Waals surface area (Å²) in [7, 11) is 1.67. The molecule has 0 fully saturated rings. The van der Waals surface area contributed by atoms with Gasteiger partial charge in [-0.2, -0.15) is 0 Å². The van der Waals surface area contributed by atoms with Crippen LogP contribution in [0.15, 0.2) is 47.3 Å². The van der Waals surface area contributed by atoms with Gasteiger partial charge in [-0.3, -0.25) is 9.69 Å². The summed E-state index contributed by atoms with van der Waals surface area (Å²) in [4.78, 5) is 18.6. The van der Waals surface area contributed by atoms with Gasteiger partial charge in [-0.15, -0.1) is 5.10 Å². The van der Waals surface area contributed by atoms with Crippen molar-refractivity contribution in [3.63, 3.8) is 0 Å². The summed E-state index contributed by atoms with van der Waals surface area (Å²) in [6, 6.07) is 14.6.